The maximum absolute atomic E-state index is 12.6. The fraction of sp³-hybridized carbons (Fsp3) is 0.174. The Morgan fingerprint density at radius 1 is 0.871 bits per heavy atom. The Balaban J connectivity index is 1.81. The molecule has 3 aromatic rings. The van der Waals surface area contributed by atoms with Crippen molar-refractivity contribution in [3.05, 3.63) is 77.3 Å². The van der Waals surface area contributed by atoms with Gasteiger partial charge in [0.15, 0.2) is 11.5 Å². The lowest BCUT2D eigenvalue weighted by molar-refractivity contribution is 0.327. The SMILES string of the molecule is CCOc1ccc(N=Cc2ccc(OS(=O)(=O)c3ccc(Cl)cc3)c(OCC)c2)cc1. The Hall–Kier alpha value is -3.03. The van der Waals surface area contributed by atoms with Crippen LogP contribution in [0, 0.1) is 0 Å². The van der Waals surface area contributed by atoms with Crippen LogP contribution in [0.1, 0.15) is 19.4 Å². The second kappa shape index (κ2) is 10.3. The maximum atomic E-state index is 12.6. The van der Waals surface area contributed by atoms with Crippen molar-refractivity contribution in [2.24, 2.45) is 4.99 Å². The molecule has 0 spiro atoms. The van der Waals surface area contributed by atoms with Crippen LogP contribution in [0.5, 0.6) is 17.2 Å². The number of halogens is 1. The van der Waals surface area contributed by atoms with Gasteiger partial charge in [0.25, 0.3) is 0 Å². The van der Waals surface area contributed by atoms with Crippen molar-refractivity contribution >= 4 is 33.6 Å². The molecule has 0 aliphatic carbocycles. The van der Waals surface area contributed by atoms with E-state index in [9.17, 15) is 8.42 Å². The molecule has 0 bridgehead atoms. The van der Waals surface area contributed by atoms with E-state index in [-0.39, 0.29) is 10.6 Å². The zero-order chi connectivity index (χ0) is 22.3. The van der Waals surface area contributed by atoms with Gasteiger partial charge >= 0.3 is 10.1 Å². The summed E-state index contributed by atoms with van der Waals surface area (Å²) in [4.78, 5) is 4.43. The molecule has 0 saturated heterocycles. The molecule has 0 N–H and O–H groups in total. The second-order valence-corrected chi connectivity index (χ2v) is 8.30. The molecule has 0 unspecified atom stereocenters. The second-order valence-electron chi connectivity index (χ2n) is 6.32. The van der Waals surface area contributed by atoms with Crippen molar-refractivity contribution in [1.82, 2.24) is 0 Å². The van der Waals surface area contributed by atoms with E-state index in [1.54, 1.807) is 25.3 Å². The summed E-state index contributed by atoms with van der Waals surface area (Å²) in [5.74, 6) is 1.18. The largest absolute Gasteiger partial charge is 0.494 e. The summed E-state index contributed by atoms with van der Waals surface area (Å²) in [5.41, 5.74) is 1.49. The van der Waals surface area contributed by atoms with Crippen molar-refractivity contribution in [3.8, 4) is 17.2 Å². The van der Waals surface area contributed by atoms with Crippen molar-refractivity contribution in [3.63, 3.8) is 0 Å². The first-order chi connectivity index (χ1) is 14.9. The zero-order valence-corrected chi connectivity index (χ0v) is 18.7. The average Bonchev–Trinajstić information content (AvgIpc) is 2.75. The van der Waals surface area contributed by atoms with Gasteiger partial charge in [0.2, 0.25) is 0 Å². The van der Waals surface area contributed by atoms with E-state index in [4.69, 9.17) is 25.3 Å². The Morgan fingerprint density at radius 3 is 2.19 bits per heavy atom. The fourth-order valence-corrected chi connectivity index (χ4v) is 3.72. The normalized spacial score (nSPS) is 11.5. The topological polar surface area (TPSA) is 74.2 Å². The molecule has 0 heterocycles. The molecule has 0 aromatic heterocycles. The number of hydrogen-bond acceptors (Lipinski definition) is 6. The Labute approximate surface area is 187 Å². The monoisotopic (exact) mass is 459 g/mol. The van der Waals surface area contributed by atoms with Crippen LogP contribution in [0.2, 0.25) is 5.02 Å². The van der Waals surface area contributed by atoms with Crippen LogP contribution in [0.3, 0.4) is 0 Å². The van der Waals surface area contributed by atoms with Crippen LogP contribution in [-0.4, -0.2) is 27.8 Å². The Bertz CT molecular complexity index is 1140. The molecule has 0 amide bonds. The lowest BCUT2D eigenvalue weighted by Crippen LogP contribution is -2.11. The van der Waals surface area contributed by atoms with Crippen LogP contribution < -0.4 is 13.7 Å². The molecule has 0 aliphatic rings. The van der Waals surface area contributed by atoms with Crippen LogP contribution in [-0.2, 0) is 10.1 Å². The molecule has 0 fully saturated rings. The van der Waals surface area contributed by atoms with E-state index in [1.165, 1.54) is 30.3 Å². The van der Waals surface area contributed by atoms with Crippen molar-refractivity contribution < 1.29 is 22.1 Å². The quantitative estimate of drug-likeness (QED) is 0.305. The summed E-state index contributed by atoms with van der Waals surface area (Å²) in [6.45, 7) is 4.68. The van der Waals surface area contributed by atoms with Gasteiger partial charge in [-0.3, -0.25) is 4.99 Å². The van der Waals surface area contributed by atoms with Gasteiger partial charge in [-0.05, 0) is 86.1 Å². The van der Waals surface area contributed by atoms with Crippen LogP contribution in [0.25, 0.3) is 0 Å². The number of nitrogens with zero attached hydrogens (tertiary/aromatic N) is 1. The lowest BCUT2D eigenvalue weighted by Gasteiger charge is -2.12. The molecule has 8 heteroatoms. The first-order valence-corrected chi connectivity index (χ1v) is 11.4. The predicted molar refractivity (Wildman–Crippen MR) is 122 cm³/mol. The van der Waals surface area contributed by atoms with E-state index < -0.39 is 10.1 Å². The first kappa shape index (κ1) is 22.7. The molecule has 3 aromatic carbocycles. The van der Waals surface area contributed by atoms with E-state index in [1.807, 2.05) is 31.2 Å². The number of aliphatic imine (C=N–C) groups is 1. The molecule has 6 nitrogen and oxygen atoms in total. The standard InChI is InChI=1S/C23H22ClNO5S/c1-3-28-20-10-8-19(9-11-20)25-16-17-5-14-22(23(15-17)29-4-2)30-31(26,27)21-12-6-18(24)7-13-21/h5-16H,3-4H2,1-2H3. The molecule has 0 radical (unpaired) electrons. The molecular weight excluding hydrogens is 438 g/mol. The summed E-state index contributed by atoms with van der Waals surface area (Å²) in [5, 5.41) is 0.435. The van der Waals surface area contributed by atoms with Crippen LogP contribution >= 0.6 is 11.6 Å². The molecule has 0 aliphatic heterocycles. The summed E-state index contributed by atoms with van der Waals surface area (Å²) in [6.07, 6.45) is 1.66. The highest BCUT2D eigenvalue weighted by molar-refractivity contribution is 7.87. The van der Waals surface area contributed by atoms with Crippen molar-refractivity contribution in [1.29, 1.82) is 0 Å². The average molecular weight is 460 g/mol. The van der Waals surface area contributed by atoms with Gasteiger partial charge in [-0.1, -0.05) is 11.6 Å². The summed E-state index contributed by atoms with van der Waals surface area (Å²) in [6, 6.07) is 18.1. The third-order valence-electron chi connectivity index (χ3n) is 4.08. The van der Waals surface area contributed by atoms with E-state index in [0.717, 1.165) is 17.0 Å². The Kier molecular flexibility index (Phi) is 7.55. The molecule has 0 atom stereocenters. The smallest absolute Gasteiger partial charge is 0.339 e. The lowest BCUT2D eigenvalue weighted by atomic mass is 10.2. The van der Waals surface area contributed by atoms with Gasteiger partial charge in [-0.15, -0.1) is 0 Å². The summed E-state index contributed by atoms with van der Waals surface area (Å²) in [7, 11) is -4.03. The molecule has 0 saturated carbocycles. The van der Waals surface area contributed by atoms with Crippen molar-refractivity contribution in [2.45, 2.75) is 18.7 Å². The number of ether oxygens (including phenoxy) is 2. The number of benzene rings is 3. The van der Waals surface area contributed by atoms with E-state index >= 15 is 0 Å². The van der Waals surface area contributed by atoms with E-state index in [2.05, 4.69) is 4.99 Å². The highest BCUT2D eigenvalue weighted by Crippen LogP contribution is 2.31. The van der Waals surface area contributed by atoms with Gasteiger partial charge in [0, 0.05) is 11.2 Å². The van der Waals surface area contributed by atoms with Crippen molar-refractivity contribution in [2.75, 3.05) is 13.2 Å². The van der Waals surface area contributed by atoms with E-state index in [0.29, 0.717) is 24.0 Å². The first-order valence-electron chi connectivity index (χ1n) is 9.65. The third-order valence-corrected chi connectivity index (χ3v) is 5.58. The number of rotatable bonds is 9. The zero-order valence-electron chi connectivity index (χ0n) is 17.1. The minimum atomic E-state index is -4.03. The highest BCUT2D eigenvalue weighted by Gasteiger charge is 2.19. The van der Waals surface area contributed by atoms with Gasteiger partial charge in [-0.25, -0.2) is 0 Å². The number of hydrogen-bond donors (Lipinski definition) is 0. The van der Waals surface area contributed by atoms with Gasteiger partial charge in [0.05, 0.1) is 18.9 Å². The summed E-state index contributed by atoms with van der Waals surface area (Å²) < 4.78 is 41.5. The molecular formula is C23H22ClNO5S. The maximum Gasteiger partial charge on any atom is 0.339 e. The highest BCUT2D eigenvalue weighted by atomic mass is 35.5. The summed E-state index contributed by atoms with van der Waals surface area (Å²) >= 11 is 5.83. The van der Waals surface area contributed by atoms with Crippen LogP contribution in [0.4, 0.5) is 5.69 Å². The Morgan fingerprint density at radius 2 is 1.55 bits per heavy atom. The molecule has 3 rings (SSSR count). The molecule has 31 heavy (non-hydrogen) atoms. The molecule has 162 valence electrons. The third kappa shape index (κ3) is 6.23. The predicted octanol–water partition coefficient (Wildman–Crippen LogP) is 5.66. The van der Waals surface area contributed by atoms with Crippen LogP contribution in [0.15, 0.2) is 76.6 Å². The van der Waals surface area contributed by atoms with Gasteiger partial charge < -0.3 is 13.7 Å². The van der Waals surface area contributed by atoms with Gasteiger partial charge in [-0.2, -0.15) is 8.42 Å². The fourth-order valence-electron chi connectivity index (χ4n) is 2.65. The minimum absolute atomic E-state index is 0.000451. The minimum Gasteiger partial charge on any atom is -0.494 e. The van der Waals surface area contributed by atoms with Gasteiger partial charge in [0.1, 0.15) is 10.6 Å².